The van der Waals surface area contributed by atoms with Crippen LogP contribution in [-0.4, -0.2) is 6.03 Å². The van der Waals surface area contributed by atoms with Gasteiger partial charge in [-0.15, -0.1) is 0 Å². The van der Waals surface area contributed by atoms with Crippen LogP contribution in [0.1, 0.15) is 25.7 Å². The first-order valence-corrected chi connectivity index (χ1v) is 8.46. The van der Waals surface area contributed by atoms with Gasteiger partial charge in [0.25, 0.3) is 0 Å². The van der Waals surface area contributed by atoms with Gasteiger partial charge in [-0.3, -0.25) is 0 Å². The predicted molar refractivity (Wildman–Crippen MR) is 99.4 cm³/mol. The first-order chi connectivity index (χ1) is 11.8. The lowest BCUT2D eigenvalue weighted by Gasteiger charge is -2.08. The van der Waals surface area contributed by atoms with E-state index >= 15 is 0 Å². The van der Waals surface area contributed by atoms with E-state index in [0.29, 0.717) is 5.92 Å². The molecule has 0 unspecified atom stereocenters. The molecule has 4 nitrogen and oxygen atoms in total. The van der Waals surface area contributed by atoms with Crippen LogP contribution < -0.4 is 16.0 Å². The Morgan fingerprint density at radius 2 is 1.50 bits per heavy atom. The number of urea groups is 1. The molecule has 0 heterocycles. The van der Waals surface area contributed by atoms with Gasteiger partial charge in [0, 0.05) is 23.3 Å². The van der Waals surface area contributed by atoms with Crippen molar-refractivity contribution < 1.29 is 4.79 Å². The number of para-hydroxylation sites is 1. The monoisotopic (exact) mass is 321 g/mol. The molecule has 0 radical (unpaired) electrons. The minimum atomic E-state index is -0.215. The van der Waals surface area contributed by atoms with Gasteiger partial charge in [0.2, 0.25) is 0 Å². The Morgan fingerprint density at radius 3 is 2.21 bits per heavy atom. The third-order valence-electron chi connectivity index (χ3n) is 4.19. The highest BCUT2D eigenvalue weighted by atomic mass is 16.2. The lowest BCUT2D eigenvalue weighted by molar-refractivity contribution is 0.255. The highest BCUT2D eigenvalue weighted by Crippen LogP contribution is 2.25. The summed E-state index contributed by atoms with van der Waals surface area (Å²) in [7, 11) is 0. The Bertz CT molecular complexity index is 674. The van der Waals surface area contributed by atoms with E-state index in [1.165, 1.54) is 25.7 Å². The van der Waals surface area contributed by atoms with E-state index in [4.69, 9.17) is 0 Å². The van der Waals surface area contributed by atoms with Crippen LogP contribution in [0, 0.1) is 5.92 Å². The normalized spacial score (nSPS) is 14.7. The molecule has 1 aliphatic rings. The number of allylic oxidation sites excluding steroid dienone is 1. The van der Waals surface area contributed by atoms with Crippen molar-refractivity contribution >= 4 is 23.1 Å². The second kappa shape index (κ2) is 8.20. The maximum absolute atomic E-state index is 11.9. The van der Waals surface area contributed by atoms with Crippen LogP contribution in [-0.2, 0) is 0 Å². The highest BCUT2D eigenvalue weighted by molar-refractivity contribution is 5.90. The van der Waals surface area contributed by atoms with Crippen LogP contribution in [0.15, 0.2) is 66.9 Å². The lowest BCUT2D eigenvalue weighted by atomic mass is 10.1. The molecule has 0 bridgehead atoms. The largest absolute Gasteiger partial charge is 0.356 e. The van der Waals surface area contributed by atoms with E-state index < -0.39 is 0 Å². The van der Waals surface area contributed by atoms with Gasteiger partial charge >= 0.3 is 6.03 Å². The molecule has 0 saturated heterocycles. The zero-order valence-corrected chi connectivity index (χ0v) is 13.7. The number of hydrogen-bond acceptors (Lipinski definition) is 2. The van der Waals surface area contributed by atoms with Gasteiger partial charge in [-0.2, -0.15) is 0 Å². The molecular formula is C20H23N3O. The van der Waals surface area contributed by atoms with Crippen molar-refractivity contribution in [3.8, 4) is 0 Å². The molecule has 1 aliphatic carbocycles. The first kappa shape index (κ1) is 16.1. The van der Waals surface area contributed by atoms with Gasteiger partial charge < -0.3 is 16.0 Å². The molecule has 2 aromatic carbocycles. The number of rotatable bonds is 5. The summed E-state index contributed by atoms with van der Waals surface area (Å²) in [5, 5.41) is 8.91. The molecule has 3 N–H and O–H groups in total. The Hall–Kier alpha value is -2.75. The molecule has 124 valence electrons. The SMILES string of the molecule is O=C(N/C=C/C1CCCC1)Nc1ccc(Nc2ccccc2)cc1. The third-order valence-corrected chi connectivity index (χ3v) is 4.19. The Labute approximate surface area is 143 Å². The van der Waals surface area contributed by atoms with Crippen LogP contribution in [0.2, 0.25) is 0 Å². The fourth-order valence-electron chi connectivity index (χ4n) is 2.90. The van der Waals surface area contributed by atoms with Gasteiger partial charge in [-0.1, -0.05) is 37.1 Å². The van der Waals surface area contributed by atoms with Crippen LogP contribution >= 0.6 is 0 Å². The van der Waals surface area contributed by atoms with Crippen LogP contribution in [0.3, 0.4) is 0 Å². The summed E-state index contributed by atoms with van der Waals surface area (Å²) in [6.45, 7) is 0. The second-order valence-corrected chi connectivity index (χ2v) is 6.07. The second-order valence-electron chi connectivity index (χ2n) is 6.07. The fourth-order valence-corrected chi connectivity index (χ4v) is 2.90. The van der Waals surface area contributed by atoms with Crippen molar-refractivity contribution in [3.63, 3.8) is 0 Å². The Balaban J connectivity index is 1.47. The van der Waals surface area contributed by atoms with E-state index in [1.54, 1.807) is 6.20 Å². The summed E-state index contributed by atoms with van der Waals surface area (Å²) >= 11 is 0. The molecule has 1 fully saturated rings. The molecule has 0 aromatic heterocycles. The standard InChI is InChI=1S/C20H23N3O/c24-20(21-15-14-16-6-4-5-7-16)23-19-12-10-18(11-13-19)22-17-8-2-1-3-9-17/h1-3,8-16,22H,4-7H2,(H2,21,23,24)/b15-14+. The van der Waals surface area contributed by atoms with Crippen molar-refractivity contribution in [2.24, 2.45) is 5.92 Å². The molecule has 4 heteroatoms. The number of benzene rings is 2. The zero-order chi connectivity index (χ0) is 16.6. The van der Waals surface area contributed by atoms with Crippen molar-refractivity contribution in [2.75, 3.05) is 10.6 Å². The van der Waals surface area contributed by atoms with E-state index in [2.05, 4.69) is 22.0 Å². The molecular weight excluding hydrogens is 298 g/mol. The van der Waals surface area contributed by atoms with Gasteiger partial charge in [-0.25, -0.2) is 4.79 Å². The molecule has 0 spiro atoms. The Morgan fingerprint density at radius 1 is 0.875 bits per heavy atom. The summed E-state index contributed by atoms with van der Waals surface area (Å²) in [6, 6.07) is 17.4. The third kappa shape index (κ3) is 4.88. The van der Waals surface area contributed by atoms with Crippen LogP contribution in [0.5, 0.6) is 0 Å². The summed E-state index contributed by atoms with van der Waals surface area (Å²) in [5.41, 5.74) is 2.78. The number of hydrogen-bond donors (Lipinski definition) is 3. The molecule has 0 atom stereocenters. The maximum Gasteiger partial charge on any atom is 0.323 e. The molecule has 24 heavy (non-hydrogen) atoms. The number of amides is 2. The van der Waals surface area contributed by atoms with E-state index in [1.807, 2.05) is 54.6 Å². The number of nitrogens with one attached hydrogen (secondary N) is 3. The summed E-state index contributed by atoms with van der Waals surface area (Å²) in [4.78, 5) is 11.9. The average Bonchev–Trinajstić information content (AvgIpc) is 3.11. The van der Waals surface area contributed by atoms with E-state index in [-0.39, 0.29) is 6.03 Å². The van der Waals surface area contributed by atoms with Crippen molar-refractivity contribution in [1.82, 2.24) is 5.32 Å². The van der Waals surface area contributed by atoms with Gasteiger partial charge in [0.1, 0.15) is 0 Å². The average molecular weight is 321 g/mol. The quantitative estimate of drug-likeness (QED) is 0.704. The van der Waals surface area contributed by atoms with Crippen molar-refractivity contribution in [3.05, 3.63) is 66.9 Å². The predicted octanol–water partition coefficient (Wildman–Crippen LogP) is 5.26. The highest BCUT2D eigenvalue weighted by Gasteiger charge is 2.11. The maximum atomic E-state index is 11.9. The zero-order valence-electron chi connectivity index (χ0n) is 13.7. The van der Waals surface area contributed by atoms with Gasteiger partial charge in [0.15, 0.2) is 0 Å². The summed E-state index contributed by atoms with van der Waals surface area (Å²) < 4.78 is 0. The molecule has 1 saturated carbocycles. The Kier molecular flexibility index (Phi) is 5.51. The number of carbonyl (C=O) groups is 1. The molecule has 3 rings (SSSR count). The van der Waals surface area contributed by atoms with E-state index in [9.17, 15) is 4.79 Å². The lowest BCUT2D eigenvalue weighted by Crippen LogP contribution is -2.23. The van der Waals surface area contributed by atoms with Gasteiger partial charge in [-0.05, 0) is 55.2 Å². The number of carbonyl (C=O) groups excluding carboxylic acids is 1. The van der Waals surface area contributed by atoms with E-state index in [0.717, 1.165) is 17.1 Å². The first-order valence-electron chi connectivity index (χ1n) is 8.46. The molecule has 2 aromatic rings. The molecule has 0 aliphatic heterocycles. The topological polar surface area (TPSA) is 53.2 Å². The molecule has 2 amide bonds. The minimum absolute atomic E-state index is 0.215. The van der Waals surface area contributed by atoms with Crippen molar-refractivity contribution in [2.45, 2.75) is 25.7 Å². The smallest absolute Gasteiger partial charge is 0.323 e. The van der Waals surface area contributed by atoms with Crippen LogP contribution in [0.4, 0.5) is 21.9 Å². The fraction of sp³-hybridized carbons (Fsp3) is 0.250. The van der Waals surface area contributed by atoms with Crippen LogP contribution in [0.25, 0.3) is 0 Å². The summed E-state index contributed by atoms with van der Waals surface area (Å²) in [6.07, 6.45) is 8.91. The van der Waals surface area contributed by atoms with Gasteiger partial charge in [0.05, 0.1) is 0 Å². The van der Waals surface area contributed by atoms with Crippen molar-refractivity contribution in [1.29, 1.82) is 0 Å². The minimum Gasteiger partial charge on any atom is -0.356 e. The number of anilines is 3. The summed E-state index contributed by atoms with van der Waals surface area (Å²) in [5.74, 6) is 0.619.